The summed E-state index contributed by atoms with van der Waals surface area (Å²) in [5.74, 6) is -1.81. The lowest BCUT2D eigenvalue weighted by Crippen LogP contribution is -2.16. The van der Waals surface area contributed by atoms with Gasteiger partial charge >= 0.3 is 5.97 Å². The molecule has 8 nitrogen and oxygen atoms in total. The van der Waals surface area contributed by atoms with Gasteiger partial charge in [-0.1, -0.05) is 11.6 Å². The Morgan fingerprint density at radius 2 is 1.94 bits per heavy atom. The number of methoxy groups -OCH3 is 1. The molecule has 0 radical (unpaired) electrons. The van der Waals surface area contributed by atoms with Crippen LogP contribution in [0.4, 0.5) is 10.2 Å². The lowest BCUT2D eigenvalue weighted by Gasteiger charge is -2.09. The first-order valence-electron chi connectivity index (χ1n) is 9.10. The van der Waals surface area contributed by atoms with Gasteiger partial charge in [0.15, 0.2) is 11.6 Å². The first kappa shape index (κ1) is 22.3. The number of esters is 1. The monoisotopic (exact) mass is 444 g/mol. The van der Waals surface area contributed by atoms with Crippen molar-refractivity contribution in [2.75, 3.05) is 25.6 Å². The molecule has 0 spiro atoms. The lowest BCUT2D eigenvalue weighted by atomic mass is 10.1. The highest BCUT2D eigenvalue weighted by atomic mass is 35.5. The van der Waals surface area contributed by atoms with Gasteiger partial charge in [-0.2, -0.15) is 0 Å². The van der Waals surface area contributed by atoms with Gasteiger partial charge in [-0.05, 0) is 30.7 Å². The molecule has 0 atom stereocenters. The molecule has 0 fully saturated rings. The largest absolute Gasteiger partial charge is 0.460 e. The van der Waals surface area contributed by atoms with Gasteiger partial charge in [0, 0.05) is 18.9 Å². The number of aryl methyl sites for hydroxylation is 1. The number of anilines is 1. The van der Waals surface area contributed by atoms with Crippen LogP contribution in [0.3, 0.4) is 0 Å². The molecule has 160 valence electrons. The van der Waals surface area contributed by atoms with E-state index in [2.05, 4.69) is 20.3 Å². The van der Waals surface area contributed by atoms with Crippen molar-refractivity contribution in [3.05, 3.63) is 70.5 Å². The van der Waals surface area contributed by atoms with E-state index < -0.39 is 17.7 Å². The predicted octanol–water partition coefficient (Wildman–Crippen LogP) is 3.70. The minimum Gasteiger partial charge on any atom is -0.460 e. The maximum absolute atomic E-state index is 13.9. The molecule has 0 aliphatic carbocycles. The Kier molecular flexibility index (Phi) is 7.22. The lowest BCUT2D eigenvalue weighted by molar-refractivity contribution is 0.0388. The Labute approximate surface area is 182 Å². The van der Waals surface area contributed by atoms with Crippen molar-refractivity contribution in [2.45, 2.75) is 6.92 Å². The van der Waals surface area contributed by atoms with E-state index in [4.69, 9.17) is 21.1 Å². The number of pyridine rings is 1. The fourth-order valence-electron chi connectivity index (χ4n) is 2.68. The first-order valence-corrected chi connectivity index (χ1v) is 9.48. The Balaban J connectivity index is 1.77. The summed E-state index contributed by atoms with van der Waals surface area (Å²) in [5.41, 5.74) is 1.40. The second kappa shape index (κ2) is 10.1. The van der Waals surface area contributed by atoms with E-state index in [9.17, 15) is 14.0 Å². The number of amides is 1. The van der Waals surface area contributed by atoms with Crippen molar-refractivity contribution >= 4 is 29.3 Å². The highest BCUT2D eigenvalue weighted by molar-refractivity contribution is 6.33. The summed E-state index contributed by atoms with van der Waals surface area (Å²) in [6.07, 6.45) is 5.04. The van der Waals surface area contributed by atoms with E-state index in [-0.39, 0.29) is 24.6 Å². The molecule has 31 heavy (non-hydrogen) atoms. The highest BCUT2D eigenvalue weighted by Crippen LogP contribution is 2.28. The van der Waals surface area contributed by atoms with Gasteiger partial charge in [-0.15, -0.1) is 0 Å². The standard InChI is InChI=1S/C21H18ClFN4O4/c1-12-8-24-9-16(23)19(12)20(28)27-18-11-25-17(10-26-18)14-7-13(3-4-15(14)22)21(29)31-6-5-30-2/h3-4,7-11H,5-6H2,1-2H3,(H,26,27,28). The zero-order valence-electron chi connectivity index (χ0n) is 16.7. The molecule has 0 bridgehead atoms. The maximum Gasteiger partial charge on any atom is 0.338 e. The van der Waals surface area contributed by atoms with Gasteiger partial charge in [0.1, 0.15) is 6.61 Å². The molecular weight excluding hydrogens is 427 g/mol. The van der Waals surface area contributed by atoms with Gasteiger partial charge < -0.3 is 14.8 Å². The van der Waals surface area contributed by atoms with Crippen molar-refractivity contribution in [2.24, 2.45) is 0 Å². The average Bonchev–Trinajstić information content (AvgIpc) is 2.75. The summed E-state index contributed by atoms with van der Waals surface area (Å²) in [7, 11) is 1.51. The Bertz CT molecular complexity index is 1090. The minimum atomic E-state index is -0.733. The Morgan fingerprint density at radius 1 is 1.13 bits per heavy atom. The number of benzene rings is 1. The summed E-state index contributed by atoms with van der Waals surface area (Å²) in [6, 6.07) is 4.63. The fraction of sp³-hybridized carbons (Fsp3) is 0.190. The number of halogens is 2. The average molecular weight is 445 g/mol. The van der Waals surface area contributed by atoms with Crippen LogP contribution in [0.15, 0.2) is 43.0 Å². The number of ether oxygens (including phenoxy) is 2. The molecule has 0 unspecified atom stereocenters. The van der Waals surface area contributed by atoms with Crippen LogP contribution in [0, 0.1) is 12.7 Å². The molecule has 0 aliphatic heterocycles. The molecule has 2 aromatic heterocycles. The topological polar surface area (TPSA) is 103 Å². The second-order valence-corrected chi connectivity index (χ2v) is 6.78. The number of carbonyl (C=O) groups excluding carboxylic acids is 2. The molecule has 0 saturated carbocycles. The van der Waals surface area contributed by atoms with Gasteiger partial charge in [-0.25, -0.2) is 14.2 Å². The number of rotatable bonds is 7. The fourth-order valence-corrected chi connectivity index (χ4v) is 2.89. The summed E-state index contributed by atoms with van der Waals surface area (Å²) in [6.45, 7) is 1.99. The summed E-state index contributed by atoms with van der Waals surface area (Å²) >= 11 is 6.24. The van der Waals surface area contributed by atoms with Crippen LogP contribution in [0.1, 0.15) is 26.3 Å². The molecule has 2 heterocycles. The molecule has 1 N–H and O–H groups in total. The van der Waals surface area contributed by atoms with Crippen LogP contribution >= 0.6 is 11.6 Å². The van der Waals surface area contributed by atoms with Gasteiger partial charge in [0.05, 0.1) is 47.0 Å². The van der Waals surface area contributed by atoms with Crippen molar-refractivity contribution < 1.29 is 23.5 Å². The summed E-state index contributed by atoms with van der Waals surface area (Å²) < 4.78 is 23.9. The zero-order chi connectivity index (χ0) is 22.4. The Morgan fingerprint density at radius 3 is 2.61 bits per heavy atom. The predicted molar refractivity (Wildman–Crippen MR) is 112 cm³/mol. The van der Waals surface area contributed by atoms with E-state index in [1.54, 1.807) is 13.0 Å². The molecule has 10 heteroatoms. The quantitative estimate of drug-likeness (QED) is 0.437. The van der Waals surface area contributed by atoms with E-state index in [1.807, 2.05) is 0 Å². The smallest absolute Gasteiger partial charge is 0.338 e. The van der Waals surface area contributed by atoms with Crippen molar-refractivity contribution in [3.8, 4) is 11.3 Å². The maximum atomic E-state index is 13.9. The van der Waals surface area contributed by atoms with Crippen LogP contribution in [-0.2, 0) is 9.47 Å². The number of aromatic nitrogens is 3. The minimum absolute atomic E-state index is 0.121. The van der Waals surface area contributed by atoms with E-state index in [0.29, 0.717) is 27.4 Å². The second-order valence-electron chi connectivity index (χ2n) is 6.38. The molecule has 0 saturated heterocycles. The van der Waals surface area contributed by atoms with E-state index in [0.717, 1.165) is 6.20 Å². The van der Waals surface area contributed by atoms with Crippen LogP contribution in [0.25, 0.3) is 11.3 Å². The number of nitrogens with zero attached hydrogens (tertiary/aromatic N) is 3. The van der Waals surface area contributed by atoms with Crippen molar-refractivity contribution in [1.29, 1.82) is 0 Å². The molecule has 3 aromatic rings. The molecule has 0 aliphatic rings. The Hall–Kier alpha value is -3.43. The number of carbonyl (C=O) groups is 2. The molecular formula is C21H18ClFN4O4. The molecule has 1 aromatic carbocycles. The van der Waals surface area contributed by atoms with Crippen molar-refractivity contribution in [1.82, 2.24) is 15.0 Å². The number of hydrogen-bond acceptors (Lipinski definition) is 7. The first-order chi connectivity index (χ1) is 14.9. The van der Waals surface area contributed by atoms with Gasteiger partial charge in [0.25, 0.3) is 5.91 Å². The normalized spacial score (nSPS) is 10.6. The molecule has 1 amide bonds. The SMILES string of the molecule is COCCOC(=O)c1ccc(Cl)c(-c2cnc(NC(=O)c3c(C)cncc3F)cn2)c1. The number of hydrogen-bond donors (Lipinski definition) is 1. The van der Waals surface area contributed by atoms with Gasteiger partial charge in [-0.3, -0.25) is 14.8 Å². The van der Waals surface area contributed by atoms with Crippen LogP contribution in [-0.4, -0.2) is 47.2 Å². The third-order valence-corrected chi connectivity index (χ3v) is 4.54. The molecule has 3 rings (SSSR count). The van der Waals surface area contributed by atoms with E-state index >= 15 is 0 Å². The third kappa shape index (κ3) is 5.39. The summed E-state index contributed by atoms with van der Waals surface area (Å²) in [5, 5.41) is 2.85. The van der Waals surface area contributed by atoms with Crippen LogP contribution in [0.5, 0.6) is 0 Å². The number of nitrogens with one attached hydrogen (secondary N) is 1. The van der Waals surface area contributed by atoms with Crippen LogP contribution < -0.4 is 5.32 Å². The summed E-state index contributed by atoms with van der Waals surface area (Å²) in [4.78, 5) is 36.6. The third-order valence-electron chi connectivity index (χ3n) is 4.21. The van der Waals surface area contributed by atoms with E-state index in [1.165, 1.54) is 37.8 Å². The van der Waals surface area contributed by atoms with Gasteiger partial charge in [0.2, 0.25) is 0 Å². The zero-order valence-corrected chi connectivity index (χ0v) is 17.4. The van der Waals surface area contributed by atoms with Crippen molar-refractivity contribution in [3.63, 3.8) is 0 Å². The highest BCUT2D eigenvalue weighted by Gasteiger charge is 2.17. The van der Waals surface area contributed by atoms with Crippen LogP contribution in [0.2, 0.25) is 5.02 Å².